The number of nitrogens with two attached hydrogens (primary N) is 1. The van der Waals surface area contributed by atoms with E-state index in [0.717, 1.165) is 30.5 Å². The van der Waals surface area contributed by atoms with Crippen molar-refractivity contribution < 1.29 is 4.79 Å². The van der Waals surface area contributed by atoms with Crippen LogP contribution < -0.4 is 5.73 Å². The Morgan fingerprint density at radius 1 is 1.24 bits per heavy atom. The average Bonchev–Trinajstić information content (AvgIpc) is 3.04. The van der Waals surface area contributed by atoms with Crippen molar-refractivity contribution in [3.8, 4) is 0 Å². The smallest absolute Gasteiger partial charge is 0.244 e. The van der Waals surface area contributed by atoms with E-state index in [1.807, 2.05) is 53.6 Å². The highest BCUT2D eigenvalue weighted by Crippen LogP contribution is 2.33. The minimum absolute atomic E-state index is 0.00690. The number of pyridine rings is 1. The Balaban J connectivity index is 1.81. The van der Waals surface area contributed by atoms with E-state index in [0.29, 0.717) is 0 Å². The molecular formula is C17H19N3O. The van der Waals surface area contributed by atoms with Gasteiger partial charge >= 0.3 is 0 Å². The van der Waals surface area contributed by atoms with Gasteiger partial charge in [-0.1, -0.05) is 36.4 Å². The van der Waals surface area contributed by atoms with E-state index in [1.54, 1.807) is 6.20 Å². The number of aromatic nitrogens is 1. The molecule has 0 aliphatic carbocycles. The summed E-state index contributed by atoms with van der Waals surface area (Å²) in [5.74, 6) is -0.00690. The maximum atomic E-state index is 12.7. The van der Waals surface area contributed by atoms with Crippen LogP contribution in [0.2, 0.25) is 0 Å². The monoisotopic (exact) mass is 281 g/mol. The van der Waals surface area contributed by atoms with Crippen molar-refractivity contribution in [2.24, 2.45) is 5.73 Å². The molecule has 4 heteroatoms. The molecule has 4 nitrogen and oxygen atoms in total. The van der Waals surface area contributed by atoms with Gasteiger partial charge in [0.05, 0.1) is 6.04 Å². The molecule has 3 rings (SSSR count). The Morgan fingerprint density at radius 3 is 2.76 bits per heavy atom. The molecule has 0 bridgehead atoms. The van der Waals surface area contributed by atoms with Crippen LogP contribution in [-0.4, -0.2) is 22.3 Å². The molecule has 1 aromatic heterocycles. The number of carbonyl (C=O) groups excluding carboxylic acids is 1. The number of nitrogens with zero attached hydrogens (tertiary/aromatic N) is 2. The first-order valence-corrected chi connectivity index (χ1v) is 7.28. The van der Waals surface area contributed by atoms with Crippen LogP contribution in [0.15, 0.2) is 54.9 Å². The Kier molecular flexibility index (Phi) is 3.97. The van der Waals surface area contributed by atoms with Gasteiger partial charge in [0.15, 0.2) is 0 Å². The van der Waals surface area contributed by atoms with Crippen molar-refractivity contribution in [2.45, 2.75) is 24.9 Å². The molecule has 0 saturated carbocycles. The average molecular weight is 281 g/mol. The summed E-state index contributed by atoms with van der Waals surface area (Å²) in [5.41, 5.74) is 8.10. The SMILES string of the molecule is N[C@H](C(=O)N1CCCC1c1cccnc1)c1ccccc1. The van der Waals surface area contributed by atoms with Crippen molar-refractivity contribution in [1.29, 1.82) is 0 Å². The summed E-state index contributed by atoms with van der Waals surface area (Å²) in [4.78, 5) is 18.8. The van der Waals surface area contributed by atoms with Crippen LogP contribution in [0.25, 0.3) is 0 Å². The number of benzene rings is 1. The summed E-state index contributed by atoms with van der Waals surface area (Å²) in [7, 11) is 0. The van der Waals surface area contributed by atoms with Gasteiger partial charge in [0.2, 0.25) is 5.91 Å². The number of likely N-dealkylation sites (tertiary alicyclic amines) is 1. The number of hydrogen-bond donors (Lipinski definition) is 1. The highest BCUT2D eigenvalue weighted by atomic mass is 16.2. The molecule has 1 aliphatic rings. The number of amides is 1. The van der Waals surface area contributed by atoms with E-state index in [2.05, 4.69) is 4.98 Å². The number of carbonyl (C=O) groups is 1. The zero-order chi connectivity index (χ0) is 14.7. The fraction of sp³-hybridized carbons (Fsp3) is 0.294. The molecule has 2 heterocycles. The summed E-state index contributed by atoms with van der Waals surface area (Å²) in [6.07, 6.45) is 5.57. The van der Waals surface area contributed by atoms with Gasteiger partial charge in [0, 0.05) is 18.9 Å². The molecule has 1 unspecified atom stereocenters. The van der Waals surface area contributed by atoms with E-state index < -0.39 is 6.04 Å². The third-order valence-corrected chi connectivity index (χ3v) is 4.03. The van der Waals surface area contributed by atoms with Crippen LogP contribution in [0.1, 0.15) is 36.1 Å². The normalized spacial score (nSPS) is 19.5. The predicted molar refractivity (Wildman–Crippen MR) is 81.3 cm³/mol. The zero-order valence-corrected chi connectivity index (χ0v) is 11.9. The molecule has 21 heavy (non-hydrogen) atoms. The van der Waals surface area contributed by atoms with Crippen molar-refractivity contribution in [2.75, 3.05) is 6.54 Å². The molecule has 1 fully saturated rings. The molecule has 2 aromatic rings. The van der Waals surface area contributed by atoms with Crippen LogP contribution >= 0.6 is 0 Å². The minimum Gasteiger partial charge on any atom is -0.334 e. The van der Waals surface area contributed by atoms with Crippen molar-refractivity contribution in [3.63, 3.8) is 0 Å². The lowest BCUT2D eigenvalue weighted by atomic mass is 10.0. The summed E-state index contributed by atoms with van der Waals surface area (Å²) in [6.45, 7) is 0.763. The second kappa shape index (κ2) is 6.06. The zero-order valence-electron chi connectivity index (χ0n) is 11.9. The van der Waals surface area contributed by atoms with Gasteiger partial charge in [-0.15, -0.1) is 0 Å². The Bertz CT molecular complexity index is 600. The summed E-state index contributed by atoms with van der Waals surface area (Å²) in [6, 6.07) is 13.0. The van der Waals surface area contributed by atoms with E-state index in [-0.39, 0.29) is 11.9 Å². The quantitative estimate of drug-likeness (QED) is 0.940. The molecule has 1 amide bonds. The van der Waals surface area contributed by atoms with Gasteiger partial charge in [0.25, 0.3) is 0 Å². The standard InChI is InChI=1S/C17H19N3O/c18-16(13-6-2-1-3-7-13)17(21)20-11-5-9-15(20)14-8-4-10-19-12-14/h1-4,6-8,10,12,15-16H,5,9,11,18H2/t15?,16-/m0/s1. The first-order chi connectivity index (χ1) is 10.3. The van der Waals surface area contributed by atoms with Gasteiger partial charge in [-0.3, -0.25) is 9.78 Å². The maximum absolute atomic E-state index is 12.7. The summed E-state index contributed by atoms with van der Waals surface area (Å²) >= 11 is 0. The summed E-state index contributed by atoms with van der Waals surface area (Å²) in [5, 5.41) is 0. The van der Waals surface area contributed by atoms with Gasteiger partial charge in [-0.25, -0.2) is 0 Å². The number of rotatable bonds is 3. The van der Waals surface area contributed by atoms with E-state index in [9.17, 15) is 4.79 Å². The highest BCUT2D eigenvalue weighted by molar-refractivity contribution is 5.83. The Hall–Kier alpha value is -2.20. The fourth-order valence-corrected chi connectivity index (χ4v) is 2.93. The maximum Gasteiger partial charge on any atom is 0.244 e. The topological polar surface area (TPSA) is 59.2 Å². The molecule has 1 aromatic carbocycles. The third kappa shape index (κ3) is 2.81. The van der Waals surface area contributed by atoms with Gasteiger partial charge in [-0.05, 0) is 30.0 Å². The van der Waals surface area contributed by atoms with E-state index in [4.69, 9.17) is 5.73 Å². The van der Waals surface area contributed by atoms with Gasteiger partial charge in [-0.2, -0.15) is 0 Å². The van der Waals surface area contributed by atoms with Gasteiger partial charge < -0.3 is 10.6 Å². The van der Waals surface area contributed by atoms with Gasteiger partial charge in [0.1, 0.15) is 6.04 Å². The first kappa shape index (κ1) is 13.8. The highest BCUT2D eigenvalue weighted by Gasteiger charge is 2.33. The van der Waals surface area contributed by atoms with Crippen LogP contribution in [0.4, 0.5) is 0 Å². The number of hydrogen-bond acceptors (Lipinski definition) is 3. The molecule has 2 N–H and O–H groups in total. The third-order valence-electron chi connectivity index (χ3n) is 4.03. The van der Waals surface area contributed by atoms with Crippen LogP contribution in [-0.2, 0) is 4.79 Å². The lowest BCUT2D eigenvalue weighted by Gasteiger charge is -2.27. The molecule has 1 saturated heterocycles. The summed E-state index contributed by atoms with van der Waals surface area (Å²) < 4.78 is 0. The van der Waals surface area contributed by atoms with Crippen LogP contribution in [0.3, 0.4) is 0 Å². The lowest BCUT2D eigenvalue weighted by molar-refractivity contribution is -0.133. The molecule has 0 spiro atoms. The second-order valence-electron chi connectivity index (χ2n) is 5.36. The molecule has 0 radical (unpaired) electrons. The Labute approximate surface area is 124 Å². The first-order valence-electron chi connectivity index (χ1n) is 7.28. The molecular weight excluding hydrogens is 262 g/mol. The van der Waals surface area contributed by atoms with Crippen LogP contribution in [0, 0.1) is 0 Å². The second-order valence-corrected chi connectivity index (χ2v) is 5.36. The van der Waals surface area contributed by atoms with E-state index in [1.165, 1.54) is 0 Å². The molecule has 2 atom stereocenters. The minimum atomic E-state index is -0.594. The Morgan fingerprint density at radius 2 is 2.05 bits per heavy atom. The predicted octanol–water partition coefficient (Wildman–Crippen LogP) is 2.45. The molecule has 108 valence electrons. The van der Waals surface area contributed by atoms with Crippen LogP contribution in [0.5, 0.6) is 0 Å². The lowest BCUT2D eigenvalue weighted by Crippen LogP contribution is -2.38. The van der Waals surface area contributed by atoms with Crippen molar-refractivity contribution in [3.05, 3.63) is 66.0 Å². The van der Waals surface area contributed by atoms with Crippen molar-refractivity contribution >= 4 is 5.91 Å². The molecule has 1 aliphatic heterocycles. The van der Waals surface area contributed by atoms with E-state index >= 15 is 0 Å². The largest absolute Gasteiger partial charge is 0.334 e. The van der Waals surface area contributed by atoms with Crippen molar-refractivity contribution in [1.82, 2.24) is 9.88 Å². The fourth-order valence-electron chi connectivity index (χ4n) is 2.93.